The van der Waals surface area contributed by atoms with Gasteiger partial charge in [-0.05, 0) is 39.1 Å². The molecular formula is C15H22N2O2. The molecular weight excluding hydrogens is 240 g/mol. The quantitative estimate of drug-likeness (QED) is 0.833. The lowest BCUT2D eigenvalue weighted by atomic mass is 10.2. The van der Waals surface area contributed by atoms with E-state index in [2.05, 4.69) is 24.2 Å². The van der Waals surface area contributed by atoms with E-state index in [0.29, 0.717) is 0 Å². The van der Waals surface area contributed by atoms with Gasteiger partial charge in [0.2, 0.25) is 0 Å². The molecule has 0 spiro atoms. The Morgan fingerprint density at radius 3 is 2.74 bits per heavy atom. The van der Waals surface area contributed by atoms with Crippen LogP contribution in [0.5, 0.6) is 0 Å². The van der Waals surface area contributed by atoms with Crippen molar-refractivity contribution in [1.29, 1.82) is 0 Å². The van der Waals surface area contributed by atoms with E-state index in [1.165, 1.54) is 5.56 Å². The van der Waals surface area contributed by atoms with Crippen LogP contribution in [0.15, 0.2) is 39.6 Å². The first-order valence-corrected chi connectivity index (χ1v) is 6.65. The third kappa shape index (κ3) is 3.98. The predicted octanol–water partition coefficient (Wildman–Crippen LogP) is 2.96. The topological polar surface area (TPSA) is 41.6 Å². The minimum Gasteiger partial charge on any atom is -0.469 e. The van der Waals surface area contributed by atoms with Gasteiger partial charge in [-0.25, -0.2) is 0 Å². The number of hydrogen-bond donors (Lipinski definition) is 1. The molecule has 2 rings (SSSR count). The van der Waals surface area contributed by atoms with Gasteiger partial charge < -0.3 is 19.1 Å². The van der Waals surface area contributed by atoms with Crippen LogP contribution in [0.3, 0.4) is 0 Å². The fraction of sp³-hybridized carbons (Fsp3) is 0.467. The van der Waals surface area contributed by atoms with Crippen molar-refractivity contribution in [2.45, 2.75) is 26.4 Å². The second-order valence-corrected chi connectivity index (χ2v) is 4.93. The Hall–Kier alpha value is -1.52. The standard InChI is InChI=1S/C15H22N2O2/c1-12(15-5-4-9-19-15)16-7-8-17(3)11-14-6-10-18-13(14)2/h4-6,9-10,12,16H,7-8,11H2,1-3H3. The van der Waals surface area contributed by atoms with E-state index in [0.717, 1.165) is 31.2 Å². The molecule has 104 valence electrons. The molecule has 4 heteroatoms. The normalized spacial score (nSPS) is 13.1. The summed E-state index contributed by atoms with van der Waals surface area (Å²) < 4.78 is 10.7. The van der Waals surface area contributed by atoms with Gasteiger partial charge in [-0.3, -0.25) is 0 Å². The molecule has 0 fully saturated rings. The van der Waals surface area contributed by atoms with Gasteiger partial charge in [0, 0.05) is 25.2 Å². The molecule has 1 N–H and O–H groups in total. The van der Waals surface area contributed by atoms with Crippen LogP contribution in [0.4, 0.5) is 0 Å². The minimum atomic E-state index is 0.249. The van der Waals surface area contributed by atoms with Gasteiger partial charge in [-0.2, -0.15) is 0 Å². The zero-order chi connectivity index (χ0) is 13.7. The molecule has 0 aromatic carbocycles. The zero-order valence-corrected chi connectivity index (χ0v) is 11.8. The average Bonchev–Trinajstić information content (AvgIpc) is 3.02. The number of nitrogens with one attached hydrogen (secondary N) is 1. The van der Waals surface area contributed by atoms with Crippen molar-refractivity contribution < 1.29 is 8.83 Å². The van der Waals surface area contributed by atoms with Gasteiger partial charge in [-0.1, -0.05) is 0 Å². The van der Waals surface area contributed by atoms with E-state index in [1.54, 1.807) is 12.5 Å². The average molecular weight is 262 g/mol. The van der Waals surface area contributed by atoms with Crippen molar-refractivity contribution in [1.82, 2.24) is 10.2 Å². The summed E-state index contributed by atoms with van der Waals surface area (Å²) in [6.45, 7) is 6.93. The Morgan fingerprint density at radius 1 is 1.26 bits per heavy atom. The van der Waals surface area contributed by atoms with Crippen LogP contribution in [0.25, 0.3) is 0 Å². The molecule has 19 heavy (non-hydrogen) atoms. The number of aryl methyl sites for hydroxylation is 1. The highest BCUT2D eigenvalue weighted by atomic mass is 16.3. The van der Waals surface area contributed by atoms with Crippen LogP contribution in [0.1, 0.15) is 30.0 Å². The van der Waals surface area contributed by atoms with Gasteiger partial charge in [0.05, 0.1) is 18.6 Å². The Kier molecular flexibility index (Phi) is 4.82. The van der Waals surface area contributed by atoms with Crippen molar-refractivity contribution in [3.63, 3.8) is 0 Å². The molecule has 0 amide bonds. The molecule has 0 bridgehead atoms. The first-order valence-electron chi connectivity index (χ1n) is 6.65. The Bertz CT molecular complexity index is 476. The summed E-state index contributed by atoms with van der Waals surface area (Å²) in [7, 11) is 2.12. The maximum absolute atomic E-state index is 5.37. The molecule has 0 aliphatic carbocycles. The summed E-state index contributed by atoms with van der Waals surface area (Å²) in [6, 6.07) is 6.20. The lowest BCUT2D eigenvalue weighted by Crippen LogP contribution is -2.30. The second-order valence-electron chi connectivity index (χ2n) is 4.93. The van der Waals surface area contributed by atoms with E-state index < -0.39 is 0 Å². The molecule has 0 aliphatic heterocycles. The summed E-state index contributed by atoms with van der Waals surface area (Å²) >= 11 is 0. The van der Waals surface area contributed by atoms with Crippen molar-refractivity contribution >= 4 is 0 Å². The predicted molar refractivity (Wildman–Crippen MR) is 74.9 cm³/mol. The van der Waals surface area contributed by atoms with Crippen molar-refractivity contribution in [2.75, 3.05) is 20.1 Å². The highest BCUT2D eigenvalue weighted by Crippen LogP contribution is 2.12. The number of hydrogen-bond acceptors (Lipinski definition) is 4. The fourth-order valence-electron chi connectivity index (χ4n) is 2.06. The number of furan rings is 2. The molecule has 0 saturated carbocycles. The first-order chi connectivity index (χ1) is 9.16. The van der Waals surface area contributed by atoms with E-state index in [-0.39, 0.29) is 6.04 Å². The van der Waals surface area contributed by atoms with Crippen LogP contribution in [0, 0.1) is 6.92 Å². The molecule has 2 aromatic rings. The van der Waals surface area contributed by atoms with Crippen molar-refractivity contribution in [3.05, 3.63) is 47.8 Å². The Balaban J connectivity index is 1.69. The maximum Gasteiger partial charge on any atom is 0.120 e. The van der Waals surface area contributed by atoms with Crippen molar-refractivity contribution in [3.8, 4) is 0 Å². The third-order valence-electron chi connectivity index (χ3n) is 3.32. The number of nitrogens with zero attached hydrogens (tertiary/aromatic N) is 1. The molecule has 0 radical (unpaired) electrons. The lowest BCUT2D eigenvalue weighted by Gasteiger charge is -2.18. The van der Waals surface area contributed by atoms with Gasteiger partial charge in [-0.15, -0.1) is 0 Å². The minimum absolute atomic E-state index is 0.249. The highest BCUT2D eigenvalue weighted by molar-refractivity contribution is 5.14. The molecule has 2 aromatic heterocycles. The van der Waals surface area contributed by atoms with Crippen LogP contribution in [0.2, 0.25) is 0 Å². The lowest BCUT2D eigenvalue weighted by molar-refractivity contribution is 0.311. The van der Waals surface area contributed by atoms with Crippen LogP contribution in [-0.4, -0.2) is 25.0 Å². The van der Waals surface area contributed by atoms with Gasteiger partial charge in [0.1, 0.15) is 11.5 Å². The van der Waals surface area contributed by atoms with Crippen LogP contribution < -0.4 is 5.32 Å². The molecule has 1 unspecified atom stereocenters. The van der Waals surface area contributed by atoms with Crippen LogP contribution in [-0.2, 0) is 6.54 Å². The summed E-state index contributed by atoms with van der Waals surface area (Å²) in [5.74, 6) is 1.98. The van der Waals surface area contributed by atoms with Gasteiger partial charge >= 0.3 is 0 Å². The van der Waals surface area contributed by atoms with E-state index in [4.69, 9.17) is 8.83 Å². The summed E-state index contributed by atoms with van der Waals surface area (Å²) in [6.07, 6.45) is 3.46. The Labute approximate surface area is 114 Å². The largest absolute Gasteiger partial charge is 0.469 e. The third-order valence-corrected chi connectivity index (χ3v) is 3.32. The van der Waals surface area contributed by atoms with E-state index in [9.17, 15) is 0 Å². The smallest absolute Gasteiger partial charge is 0.120 e. The van der Waals surface area contributed by atoms with E-state index in [1.807, 2.05) is 25.1 Å². The van der Waals surface area contributed by atoms with E-state index >= 15 is 0 Å². The molecule has 0 saturated heterocycles. The van der Waals surface area contributed by atoms with Crippen LogP contribution >= 0.6 is 0 Å². The number of rotatable bonds is 7. The molecule has 0 aliphatic rings. The first kappa shape index (κ1) is 13.9. The number of likely N-dealkylation sites (N-methyl/N-ethyl adjacent to an activating group) is 1. The zero-order valence-electron chi connectivity index (χ0n) is 11.8. The second kappa shape index (κ2) is 6.59. The monoisotopic (exact) mass is 262 g/mol. The van der Waals surface area contributed by atoms with Crippen molar-refractivity contribution in [2.24, 2.45) is 0 Å². The fourth-order valence-corrected chi connectivity index (χ4v) is 2.06. The molecule has 1 atom stereocenters. The Morgan fingerprint density at radius 2 is 2.11 bits per heavy atom. The van der Waals surface area contributed by atoms with Gasteiger partial charge in [0.15, 0.2) is 0 Å². The molecule has 2 heterocycles. The maximum atomic E-state index is 5.37. The van der Waals surface area contributed by atoms with Gasteiger partial charge in [0.25, 0.3) is 0 Å². The highest BCUT2D eigenvalue weighted by Gasteiger charge is 2.08. The summed E-state index contributed by atoms with van der Waals surface area (Å²) in [4.78, 5) is 2.28. The summed E-state index contributed by atoms with van der Waals surface area (Å²) in [5.41, 5.74) is 1.25. The summed E-state index contributed by atoms with van der Waals surface area (Å²) in [5, 5.41) is 3.45. The molecule has 4 nitrogen and oxygen atoms in total. The SMILES string of the molecule is Cc1occc1CN(C)CCNC(C)c1ccco1.